The van der Waals surface area contributed by atoms with Crippen LogP contribution < -0.4 is 26.0 Å². The van der Waals surface area contributed by atoms with Gasteiger partial charge in [0.25, 0.3) is 5.56 Å². The molecule has 130 valence electrons. The van der Waals surface area contributed by atoms with E-state index in [1.54, 1.807) is 12.1 Å². The molecule has 0 radical (unpaired) electrons. The van der Waals surface area contributed by atoms with Crippen LogP contribution in [-0.4, -0.2) is 21.8 Å². The summed E-state index contributed by atoms with van der Waals surface area (Å²) in [6.07, 6.45) is 0.0959. The number of amides is 1. The maximum Gasteiger partial charge on any atom is 0.332 e. The van der Waals surface area contributed by atoms with Crippen molar-refractivity contribution in [2.75, 3.05) is 12.1 Å². The molecule has 9 heteroatoms. The Morgan fingerprint density at radius 2 is 1.80 bits per heavy atom. The topological polar surface area (TPSA) is 91.6 Å². The van der Waals surface area contributed by atoms with Crippen LogP contribution in [0.4, 0.5) is 5.82 Å². The average Bonchev–Trinajstić information content (AvgIpc) is 3.03. The smallest absolute Gasteiger partial charge is 0.332 e. The number of hydrogen-bond donors (Lipinski definition) is 1. The Labute approximate surface area is 150 Å². The molecular weight excluding hydrogens is 394 g/mol. The first-order valence-electron chi connectivity index (χ1n) is 7.57. The van der Waals surface area contributed by atoms with Crippen molar-refractivity contribution in [2.45, 2.75) is 12.3 Å². The molecule has 2 aromatic rings. The summed E-state index contributed by atoms with van der Waals surface area (Å²) in [5.41, 5.74) is 0.196. The number of anilines is 1. The van der Waals surface area contributed by atoms with Crippen LogP contribution in [0.3, 0.4) is 0 Å². The lowest BCUT2D eigenvalue weighted by molar-refractivity contribution is -0.116. The molecule has 0 saturated carbocycles. The highest BCUT2D eigenvalue weighted by Gasteiger charge is 2.34. The van der Waals surface area contributed by atoms with Crippen LogP contribution in [0.2, 0.25) is 0 Å². The second-order valence-electron chi connectivity index (χ2n) is 6.00. The SMILES string of the molecule is Cn1c2c(c(=O)n(C)c1=O)[C@H](c1cc3c(cc1Br)OCO3)CC(=O)N2. The molecule has 2 aliphatic heterocycles. The van der Waals surface area contributed by atoms with E-state index in [9.17, 15) is 14.4 Å². The largest absolute Gasteiger partial charge is 0.454 e. The van der Waals surface area contributed by atoms with Crippen LogP contribution in [-0.2, 0) is 18.9 Å². The van der Waals surface area contributed by atoms with Crippen molar-refractivity contribution in [3.8, 4) is 11.5 Å². The number of hydrogen-bond acceptors (Lipinski definition) is 5. The second kappa shape index (κ2) is 5.48. The summed E-state index contributed by atoms with van der Waals surface area (Å²) < 4.78 is 13.8. The fourth-order valence-corrected chi connectivity index (χ4v) is 3.87. The number of fused-ring (bicyclic) bond motifs is 2. The minimum Gasteiger partial charge on any atom is -0.454 e. The molecule has 0 fully saturated rings. The fourth-order valence-electron chi connectivity index (χ4n) is 3.27. The van der Waals surface area contributed by atoms with Crippen LogP contribution in [0.5, 0.6) is 11.5 Å². The minimum atomic E-state index is -0.502. The Kier molecular flexibility index (Phi) is 3.50. The van der Waals surface area contributed by atoms with Gasteiger partial charge in [-0.2, -0.15) is 0 Å². The maximum atomic E-state index is 12.7. The van der Waals surface area contributed by atoms with Gasteiger partial charge in [0, 0.05) is 30.9 Å². The quantitative estimate of drug-likeness (QED) is 0.762. The van der Waals surface area contributed by atoms with Gasteiger partial charge in [-0.05, 0) is 17.7 Å². The van der Waals surface area contributed by atoms with E-state index >= 15 is 0 Å². The third kappa shape index (κ3) is 2.30. The van der Waals surface area contributed by atoms with Crippen molar-refractivity contribution >= 4 is 27.7 Å². The zero-order chi connectivity index (χ0) is 17.9. The Morgan fingerprint density at radius 3 is 2.52 bits per heavy atom. The number of rotatable bonds is 1. The van der Waals surface area contributed by atoms with Gasteiger partial charge in [0.1, 0.15) is 5.82 Å². The van der Waals surface area contributed by atoms with Gasteiger partial charge in [-0.3, -0.25) is 18.7 Å². The number of carbonyl (C=O) groups is 1. The van der Waals surface area contributed by atoms with Crippen molar-refractivity contribution in [3.05, 3.63) is 48.6 Å². The highest BCUT2D eigenvalue weighted by molar-refractivity contribution is 9.10. The van der Waals surface area contributed by atoms with E-state index in [2.05, 4.69) is 21.2 Å². The summed E-state index contributed by atoms with van der Waals surface area (Å²) in [6, 6.07) is 3.53. The predicted molar refractivity (Wildman–Crippen MR) is 92.3 cm³/mol. The van der Waals surface area contributed by atoms with Crippen LogP contribution >= 0.6 is 15.9 Å². The number of carbonyl (C=O) groups excluding carboxylic acids is 1. The number of aromatic nitrogens is 2. The van der Waals surface area contributed by atoms with Gasteiger partial charge in [0.2, 0.25) is 12.7 Å². The summed E-state index contributed by atoms with van der Waals surface area (Å²) >= 11 is 3.49. The van der Waals surface area contributed by atoms with Crippen molar-refractivity contribution in [1.29, 1.82) is 0 Å². The van der Waals surface area contributed by atoms with Crippen LogP contribution in [0, 0.1) is 0 Å². The van der Waals surface area contributed by atoms with Gasteiger partial charge in [-0.15, -0.1) is 0 Å². The van der Waals surface area contributed by atoms with Crippen molar-refractivity contribution in [3.63, 3.8) is 0 Å². The number of ether oxygens (including phenoxy) is 2. The number of benzene rings is 1. The molecule has 0 aliphatic carbocycles. The first-order valence-corrected chi connectivity index (χ1v) is 8.36. The zero-order valence-corrected chi connectivity index (χ0v) is 15.0. The van der Waals surface area contributed by atoms with Crippen LogP contribution in [0.15, 0.2) is 26.2 Å². The third-order valence-corrected chi connectivity index (χ3v) is 5.25. The normalized spacial score (nSPS) is 18.0. The molecule has 0 spiro atoms. The second-order valence-corrected chi connectivity index (χ2v) is 6.85. The van der Waals surface area contributed by atoms with E-state index in [-0.39, 0.29) is 24.9 Å². The summed E-state index contributed by atoms with van der Waals surface area (Å²) in [5.74, 6) is 0.638. The molecule has 1 aromatic heterocycles. The maximum absolute atomic E-state index is 12.7. The molecule has 3 heterocycles. The van der Waals surface area contributed by atoms with Gasteiger partial charge in [-0.25, -0.2) is 4.79 Å². The molecule has 1 N–H and O–H groups in total. The van der Waals surface area contributed by atoms with E-state index in [0.29, 0.717) is 21.5 Å². The molecule has 0 unspecified atom stereocenters. The van der Waals surface area contributed by atoms with Gasteiger partial charge in [0.05, 0.1) is 5.56 Å². The molecule has 0 bridgehead atoms. The van der Waals surface area contributed by atoms with E-state index in [0.717, 1.165) is 10.1 Å². The summed E-state index contributed by atoms with van der Waals surface area (Å²) in [7, 11) is 2.95. The summed E-state index contributed by atoms with van der Waals surface area (Å²) in [4.78, 5) is 37.1. The van der Waals surface area contributed by atoms with Gasteiger partial charge in [0.15, 0.2) is 11.5 Å². The first kappa shape index (κ1) is 15.9. The van der Waals surface area contributed by atoms with Crippen LogP contribution in [0.1, 0.15) is 23.5 Å². The number of halogens is 1. The molecule has 25 heavy (non-hydrogen) atoms. The Balaban J connectivity index is 1.99. The van der Waals surface area contributed by atoms with E-state index < -0.39 is 17.2 Å². The molecule has 0 saturated heterocycles. The van der Waals surface area contributed by atoms with Crippen molar-refractivity contribution < 1.29 is 14.3 Å². The lowest BCUT2D eigenvalue weighted by Crippen LogP contribution is -2.44. The van der Waals surface area contributed by atoms with Gasteiger partial charge in [-0.1, -0.05) is 15.9 Å². The first-order chi connectivity index (χ1) is 11.9. The lowest BCUT2D eigenvalue weighted by Gasteiger charge is -2.27. The predicted octanol–water partition coefficient (Wildman–Crippen LogP) is 1.05. The fraction of sp³-hybridized carbons (Fsp3) is 0.312. The molecule has 1 aromatic carbocycles. The molecule has 4 rings (SSSR count). The van der Waals surface area contributed by atoms with Crippen LogP contribution in [0.25, 0.3) is 0 Å². The molecular formula is C16H14BrN3O5. The molecule has 8 nitrogen and oxygen atoms in total. The lowest BCUT2D eigenvalue weighted by atomic mass is 9.86. The highest BCUT2D eigenvalue weighted by Crippen LogP contribution is 2.43. The van der Waals surface area contributed by atoms with Gasteiger partial charge < -0.3 is 14.8 Å². The standard InChI is InChI=1S/C16H14BrN3O5/c1-19-14-13(15(22)20(2)16(19)23)8(4-12(21)18-14)7-3-10-11(5-9(7)17)25-6-24-10/h3,5,8H,4,6H2,1-2H3,(H,18,21)/t8-/m0/s1. The van der Waals surface area contributed by atoms with Gasteiger partial charge >= 0.3 is 5.69 Å². The molecule has 1 atom stereocenters. The monoisotopic (exact) mass is 407 g/mol. The van der Waals surface area contributed by atoms with E-state index in [1.165, 1.54) is 18.7 Å². The highest BCUT2D eigenvalue weighted by atomic mass is 79.9. The zero-order valence-electron chi connectivity index (χ0n) is 13.5. The third-order valence-electron chi connectivity index (χ3n) is 4.56. The number of nitrogens with zero attached hydrogens (tertiary/aromatic N) is 2. The Hall–Kier alpha value is -2.55. The Bertz CT molecular complexity index is 1040. The number of nitrogens with one attached hydrogen (secondary N) is 1. The molecule has 1 amide bonds. The molecule has 2 aliphatic rings. The van der Waals surface area contributed by atoms with E-state index in [4.69, 9.17) is 9.47 Å². The summed E-state index contributed by atoms with van der Waals surface area (Å²) in [6.45, 7) is 0.128. The minimum absolute atomic E-state index is 0.0959. The summed E-state index contributed by atoms with van der Waals surface area (Å²) in [5, 5.41) is 2.65. The van der Waals surface area contributed by atoms with Crippen molar-refractivity contribution in [1.82, 2.24) is 9.13 Å². The van der Waals surface area contributed by atoms with E-state index in [1.807, 2.05) is 0 Å². The average molecular weight is 408 g/mol. The van der Waals surface area contributed by atoms with Crippen molar-refractivity contribution in [2.24, 2.45) is 14.1 Å². The Morgan fingerprint density at radius 1 is 1.12 bits per heavy atom.